The molecule has 15 aromatic rings. The predicted octanol–water partition coefficient (Wildman–Crippen LogP) is 23.3. The van der Waals surface area contributed by atoms with Gasteiger partial charge in [-0.15, -0.1) is 0 Å². The smallest absolute Gasteiger partial charge is 0.316 e. The van der Waals surface area contributed by atoms with Crippen molar-refractivity contribution in [3.8, 4) is 66.8 Å². The molecule has 0 saturated carbocycles. The summed E-state index contributed by atoms with van der Waals surface area (Å²) in [5, 5.41) is 0. The zero-order valence-electron chi connectivity index (χ0n) is 60.0. The number of unbranched alkanes of at least 4 members (excludes halogenated alkanes) is 2. The third-order valence-electron chi connectivity index (χ3n) is 22.0. The summed E-state index contributed by atoms with van der Waals surface area (Å²) in [6, 6.07) is 134. The largest absolute Gasteiger partial charge is 0.444 e. The van der Waals surface area contributed by atoms with Crippen molar-refractivity contribution in [2.24, 2.45) is 0 Å². The van der Waals surface area contributed by atoms with Crippen molar-refractivity contribution in [2.45, 2.75) is 58.8 Å². The van der Waals surface area contributed by atoms with E-state index in [1.165, 1.54) is 94.4 Å². The maximum atomic E-state index is 8.25. The molecule has 0 unspecified atom stereocenters. The van der Waals surface area contributed by atoms with Crippen LogP contribution in [-0.4, -0.2) is 13.7 Å². The molecule has 106 heavy (non-hydrogen) atoms. The number of rotatable bonds is 20. The number of nitrogens with two attached hydrogens (primary N) is 1. The molecule has 3 heterocycles. The number of anilines is 11. The van der Waals surface area contributed by atoms with Gasteiger partial charge in [0.1, 0.15) is 0 Å². The monoisotopic (exact) mass is 1360 g/mol. The molecule has 508 valence electrons. The SMILES string of the molecule is CCCCc1cc(-c2ccccc2)c(Cc2ccccc2B2c3c(N)cc(N(c4ccccc4)c4ccccc4)cc3-c3cccc4c3N2B2c3ccccc3N(c3c(-c5ccccc5)cc(CCCC)cc3-c3ccccc3)c3cc(N(c5ccccc5)c5ccccc5)cc-4c32)c(-c2ccccc2)c1. The molecule has 0 aliphatic carbocycles. The molecule has 0 atom stereocenters. The predicted molar refractivity (Wildman–Crippen MR) is 453 cm³/mol. The average Bonchev–Trinajstić information content (AvgIpc) is 0.677. The van der Waals surface area contributed by atoms with Crippen molar-refractivity contribution in [3.05, 3.63) is 380 Å². The molecule has 7 heteroatoms. The summed E-state index contributed by atoms with van der Waals surface area (Å²) < 4.78 is 2.84. The highest BCUT2D eigenvalue weighted by atomic mass is 15.2. The zero-order valence-corrected chi connectivity index (χ0v) is 60.0. The minimum absolute atomic E-state index is 0.348. The fourth-order valence-corrected chi connectivity index (χ4v) is 17.3. The lowest BCUT2D eigenvalue weighted by Gasteiger charge is -2.52. The molecule has 0 fully saturated rings. The fourth-order valence-electron chi connectivity index (χ4n) is 17.3. The van der Waals surface area contributed by atoms with Crippen molar-refractivity contribution in [2.75, 3.05) is 25.2 Å². The summed E-state index contributed by atoms with van der Waals surface area (Å²) in [4.78, 5) is 7.51. The second-order valence-electron chi connectivity index (χ2n) is 28.5. The first-order valence-electron chi connectivity index (χ1n) is 37.8. The van der Waals surface area contributed by atoms with Crippen LogP contribution in [-0.2, 0) is 19.3 Å². The number of nitrogen functional groups attached to an aromatic ring is 1. The highest BCUT2D eigenvalue weighted by Crippen LogP contribution is 2.55. The number of fused-ring (bicyclic) bond motifs is 6. The van der Waals surface area contributed by atoms with E-state index in [9.17, 15) is 0 Å². The van der Waals surface area contributed by atoms with E-state index in [0.717, 1.165) is 118 Å². The van der Waals surface area contributed by atoms with E-state index in [-0.39, 0.29) is 6.85 Å². The molecule has 15 aromatic carbocycles. The molecular formula is C99H81B2N5. The molecule has 0 amide bonds. The first kappa shape index (κ1) is 65.5. The second-order valence-corrected chi connectivity index (χ2v) is 28.5. The van der Waals surface area contributed by atoms with E-state index in [1.54, 1.807) is 0 Å². The number of benzene rings is 15. The standard InChI is InChI=1S/C99H81B2N5/c1-3-5-36-69-60-84(71-38-15-7-16-39-71)88(85(61-69)72-40-17-8-18-41-72)64-75-46-31-32-57-91(75)100-96-89(65-80(67-93(96)102)103(76-47-23-11-24-48-76)77-49-25-12-26-50-77)82-55-35-56-83-90-66-81(104(78-51-27-13-28-52-78)79-53-29-14-30-54-79)68-95-97(90)101(106(100)99(82)83)92-58-33-34-59-94(92)105(95)98-86(73-42-19-9-20-43-73)62-70(37-6-4-2)63-87(98)74-44-21-10-22-45-74/h7-35,38-63,65-68H,3-6,36-37,64,102H2,1-2H3. The Bertz CT molecular complexity index is 5490. The van der Waals surface area contributed by atoms with Gasteiger partial charge in [0, 0.05) is 79.1 Å². The van der Waals surface area contributed by atoms with Gasteiger partial charge in [-0.25, -0.2) is 0 Å². The van der Waals surface area contributed by atoms with Gasteiger partial charge in [0.2, 0.25) is 0 Å². The Hall–Kier alpha value is -12.6. The van der Waals surface area contributed by atoms with Gasteiger partial charge >= 0.3 is 13.7 Å². The molecule has 0 bridgehead atoms. The Balaban J connectivity index is 0.961. The number of para-hydroxylation sites is 6. The van der Waals surface area contributed by atoms with Crippen molar-refractivity contribution in [1.82, 2.24) is 0 Å². The second kappa shape index (κ2) is 28.6. The van der Waals surface area contributed by atoms with Gasteiger partial charge in [0.15, 0.2) is 0 Å². The van der Waals surface area contributed by atoms with E-state index < -0.39 is 6.85 Å². The first-order chi connectivity index (χ1) is 52.5. The molecule has 3 aliphatic rings. The van der Waals surface area contributed by atoms with Gasteiger partial charge in [-0.1, -0.05) is 294 Å². The fraction of sp³-hybridized carbons (Fsp3) is 0.0909. The molecular weight excluding hydrogens is 1280 g/mol. The van der Waals surface area contributed by atoms with Crippen molar-refractivity contribution < 1.29 is 0 Å². The summed E-state index contributed by atoms with van der Waals surface area (Å²) >= 11 is 0. The normalized spacial score (nSPS) is 12.3. The Morgan fingerprint density at radius 1 is 0.302 bits per heavy atom. The molecule has 0 aromatic heterocycles. The third-order valence-corrected chi connectivity index (χ3v) is 22.0. The lowest BCUT2D eigenvalue weighted by molar-refractivity contribution is 0.795. The molecule has 2 N–H and O–H groups in total. The lowest BCUT2D eigenvalue weighted by Crippen LogP contribution is -2.74. The lowest BCUT2D eigenvalue weighted by atomic mass is 9.32. The van der Waals surface area contributed by atoms with E-state index in [2.05, 4.69) is 391 Å². The average molecular weight is 1360 g/mol. The van der Waals surface area contributed by atoms with Gasteiger partial charge < -0.3 is 25.2 Å². The van der Waals surface area contributed by atoms with Gasteiger partial charge in [-0.2, -0.15) is 0 Å². The van der Waals surface area contributed by atoms with Crippen molar-refractivity contribution in [3.63, 3.8) is 0 Å². The maximum absolute atomic E-state index is 8.25. The van der Waals surface area contributed by atoms with Crippen LogP contribution >= 0.6 is 0 Å². The van der Waals surface area contributed by atoms with Gasteiger partial charge in [-0.3, -0.25) is 0 Å². The van der Waals surface area contributed by atoms with Crippen LogP contribution in [0, 0.1) is 0 Å². The van der Waals surface area contributed by atoms with Crippen molar-refractivity contribution >= 4 is 98.1 Å². The van der Waals surface area contributed by atoms with Crippen LogP contribution in [0.2, 0.25) is 0 Å². The summed E-state index contributed by atoms with van der Waals surface area (Å²) in [6.07, 6.45) is 7.05. The molecule has 0 saturated heterocycles. The number of nitrogens with zero attached hydrogens (tertiary/aromatic N) is 4. The minimum atomic E-state index is -0.423. The third kappa shape index (κ3) is 11.8. The van der Waals surface area contributed by atoms with Crippen LogP contribution in [0.1, 0.15) is 61.8 Å². The topological polar surface area (TPSA) is 39.0 Å². The van der Waals surface area contributed by atoms with E-state index in [1.807, 2.05) is 0 Å². The van der Waals surface area contributed by atoms with Gasteiger partial charge in [-0.05, 0) is 212 Å². The first-order valence-corrected chi connectivity index (χ1v) is 37.8. The van der Waals surface area contributed by atoms with Crippen LogP contribution in [0.3, 0.4) is 0 Å². The summed E-state index contributed by atoms with van der Waals surface area (Å²) in [5.74, 6) is 0. The number of hydrogen-bond acceptors (Lipinski definition) is 5. The van der Waals surface area contributed by atoms with E-state index in [4.69, 9.17) is 5.73 Å². The van der Waals surface area contributed by atoms with Crippen LogP contribution in [0.4, 0.5) is 62.6 Å². The van der Waals surface area contributed by atoms with Crippen LogP contribution in [0.5, 0.6) is 0 Å². The number of aryl methyl sites for hydroxylation is 2. The quantitative estimate of drug-likeness (QED) is 0.0608. The summed E-state index contributed by atoms with van der Waals surface area (Å²) in [6.45, 7) is 3.83. The van der Waals surface area contributed by atoms with E-state index in [0.29, 0.717) is 6.42 Å². The van der Waals surface area contributed by atoms with Gasteiger partial charge in [0.25, 0.3) is 0 Å². The van der Waals surface area contributed by atoms with Crippen molar-refractivity contribution in [1.29, 1.82) is 0 Å². The maximum Gasteiger partial charge on any atom is 0.316 e. The van der Waals surface area contributed by atoms with Crippen LogP contribution < -0.4 is 47.0 Å². The molecule has 18 rings (SSSR count). The Kier molecular flexibility index (Phi) is 17.6. The Morgan fingerprint density at radius 2 is 0.679 bits per heavy atom. The van der Waals surface area contributed by atoms with E-state index >= 15 is 0 Å². The molecule has 0 spiro atoms. The highest BCUT2D eigenvalue weighted by molar-refractivity contribution is 7.08. The molecule has 5 nitrogen and oxygen atoms in total. The molecule has 3 aliphatic heterocycles. The zero-order chi connectivity index (χ0) is 71.0. The molecule has 0 radical (unpaired) electrons. The minimum Gasteiger partial charge on any atom is -0.444 e. The summed E-state index contributed by atoms with van der Waals surface area (Å²) in [7, 11) is 0. The Labute approximate surface area is 625 Å². The van der Waals surface area contributed by atoms with Crippen LogP contribution in [0.25, 0.3) is 66.8 Å². The van der Waals surface area contributed by atoms with Crippen LogP contribution in [0.15, 0.2) is 358 Å². The number of hydrogen-bond donors (Lipinski definition) is 1. The Morgan fingerprint density at radius 3 is 1.14 bits per heavy atom. The summed E-state index contributed by atoms with van der Waals surface area (Å²) in [5.41, 5.74) is 44.0. The van der Waals surface area contributed by atoms with Gasteiger partial charge in [0.05, 0.1) is 5.69 Å². The highest BCUT2D eigenvalue weighted by Gasteiger charge is 2.53.